The number of likely N-dealkylation sites (N-methyl/N-ethyl adjacent to an activating group) is 1. The molecule has 1 unspecified atom stereocenters. The van der Waals surface area contributed by atoms with E-state index in [2.05, 4.69) is 48.7 Å². The summed E-state index contributed by atoms with van der Waals surface area (Å²) >= 11 is 0. The maximum absolute atomic E-state index is 3.54. The summed E-state index contributed by atoms with van der Waals surface area (Å²) in [6, 6.07) is 9.29. The fourth-order valence-electron chi connectivity index (χ4n) is 1.66. The summed E-state index contributed by atoms with van der Waals surface area (Å²) in [7, 11) is 2.00. The first kappa shape index (κ1) is 13.2. The molecule has 0 aliphatic heterocycles. The maximum atomic E-state index is 3.54. The monoisotopic (exact) mass is 220 g/mol. The number of benzene rings is 1. The molecular weight excluding hydrogens is 196 g/mol. The van der Waals surface area contributed by atoms with Gasteiger partial charge in [0.1, 0.15) is 0 Å². The highest BCUT2D eigenvalue weighted by Crippen LogP contribution is 2.09. The first-order valence-electron chi connectivity index (χ1n) is 6.22. The van der Waals surface area contributed by atoms with Gasteiger partial charge in [-0.1, -0.05) is 31.2 Å². The minimum absolute atomic E-state index is 0.595. The quantitative estimate of drug-likeness (QED) is 0.737. The van der Waals surface area contributed by atoms with Crippen molar-refractivity contribution in [1.29, 1.82) is 0 Å². The van der Waals surface area contributed by atoms with E-state index in [0.717, 1.165) is 19.5 Å². The summed E-state index contributed by atoms with van der Waals surface area (Å²) in [5.41, 5.74) is 2.88. The van der Waals surface area contributed by atoms with Crippen molar-refractivity contribution < 1.29 is 0 Å². The van der Waals surface area contributed by atoms with Crippen LogP contribution in [0.4, 0.5) is 0 Å². The molecule has 0 bridgehead atoms. The molecule has 2 heteroatoms. The molecule has 0 fully saturated rings. The van der Waals surface area contributed by atoms with Crippen molar-refractivity contribution >= 4 is 0 Å². The standard InChI is InChI=1S/C14H24N2/c1-4-12(2)16-11-14-8-6-5-7-13(14)9-10-15-3/h5-8,12,15-16H,4,9-11H2,1-3H3. The molecule has 16 heavy (non-hydrogen) atoms. The van der Waals surface area contributed by atoms with Crippen molar-refractivity contribution in [2.24, 2.45) is 0 Å². The Kier molecular flexibility index (Phi) is 6.12. The van der Waals surface area contributed by atoms with Gasteiger partial charge in [-0.2, -0.15) is 0 Å². The van der Waals surface area contributed by atoms with Crippen LogP contribution < -0.4 is 10.6 Å². The SMILES string of the molecule is CCC(C)NCc1ccccc1CCNC. The van der Waals surface area contributed by atoms with Crippen molar-refractivity contribution in [3.63, 3.8) is 0 Å². The van der Waals surface area contributed by atoms with Crippen LogP contribution >= 0.6 is 0 Å². The van der Waals surface area contributed by atoms with Crippen LogP contribution in [-0.2, 0) is 13.0 Å². The van der Waals surface area contributed by atoms with Crippen LogP contribution in [0.5, 0.6) is 0 Å². The third-order valence-corrected chi connectivity index (χ3v) is 3.02. The summed E-state index contributed by atoms with van der Waals surface area (Å²) in [5, 5.41) is 6.74. The van der Waals surface area contributed by atoms with Gasteiger partial charge in [0.2, 0.25) is 0 Å². The number of hydrogen-bond donors (Lipinski definition) is 2. The summed E-state index contributed by atoms with van der Waals surface area (Å²) in [5.74, 6) is 0. The molecule has 0 saturated heterocycles. The minimum atomic E-state index is 0.595. The summed E-state index contributed by atoms with van der Waals surface area (Å²) < 4.78 is 0. The normalized spacial score (nSPS) is 12.7. The third kappa shape index (κ3) is 4.33. The molecule has 0 heterocycles. The van der Waals surface area contributed by atoms with Crippen molar-refractivity contribution in [3.8, 4) is 0 Å². The van der Waals surface area contributed by atoms with Gasteiger partial charge in [-0.3, -0.25) is 0 Å². The molecule has 2 N–H and O–H groups in total. The first-order valence-corrected chi connectivity index (χ1v) is 6.22. The van der Waals surface area contributed by atoms with Gasteiger partial charge in [-0.05, 0) is 44.5 Å². The molecule has 0 saturated carbocycles. The molecule has 1 aromatic rings. The van der Waals surface area contributed by atoms with E-state index in [1.807, 2.05) is 7.05 Å². The van der Waals surface area contributed by atoms with Crippen molar-refractivity contribution in [1.82, 2.24) is 10.6 Å². The second-order valence-corrected chi connectivity index (χ2v) is 4.31. The summed E-state index contributed by atoms with van der Waals surface area (Å²) in [6.45, 7) is 6.47. The van der Waals surface area contributed by atoms with Crippen LogP contribution in [0.25, 0.3) is 0 Å². The van der Waals surface area contributed by atoms with E-state index in [1.165, 1.54) is 17.5 Å². The van der Waals surface area contributed by atoms with Gasteiger partial charge in [-0.25, -0.2) is 0 Å². The molecule has 0 amide bonds. The van der Waals surface area contributed by atoms with Gasteiger partial charge in [0, 0.05) is 12.6 Å². The lowest BCUT2D eigenvalue weighted by molar-refractivity contribution is 0.532. The zero-order chi connectivity index (χ0) is 11.8. The summed E-state index contributed by atoms with van der Waals surface area (Å²) in [6.07, 6.45) is 2.29. The Morgan fingerprint density at radius 2 is 1.88 bits per heavy atom. The molecule has 2 nitrogen and oxygen atoms in total. The predicted molar refractivity (Wildman–Crippen MR) is 70.7 cm³/mol. The number of hydrogen-bond acceptors (Lipinski definition) is 2. The highest BCUT2D eigenvalue weighted by atomic mass is 14.9. The summed E-state index contributed by atoms with van der Waals surface area (Å²) in [4.78, 5) is 0. The van der Waals surface area contributed by atoms with E-state index in [4.69, 9.17) is 0 Å². The second kappa shape index (κ2) is 7.42. The Morgan fingerprint density at radius 1 is 1.19 bits per heavy atom. The average molecular weight is 220 g/mol. The Balaban J connectivity index is 2.56. The molecule has 1 atom stereocenters. The molecule has 0 aliphatic carbocycles. The Morgan fingerprint density at radius 3 is 2.50 bits per heavy atom. The highest BCUT2D eigenvalue weighted by molar-refractivity contribution is 5.27. The van der Waals surface area contributed by atoms with E-state index in [-0.39, 0.29) is 0 Å². The van der Waals surface area contributed by atoms with Crippen LogP contribution in [0.1, 0.15) is 31.4 Å². The van der Waals surface area contributed by atoms with E-state index < -0.39 is 0 Å². The molecule has 0 aromatic heterocycles. The topological polar surface area (TPSA) is 24.1 Å². The van der Waals surface area contributed by atoms with Crippen LogP contribution in [0.3, 0.4) is 0 Å². The van der Waals surface area contributed by atoms with Gasteiger partial charge in [-0.15, -0.1) is 0 Å². The predicted octanol–water partition coefficient (Wildman–Crippen LogP) is 2.34. The molecule has 1 aromatic carbocycles. The number of nitrogens with one attached hydrogen (secondary N) is 2. The maximum Gasteiger partial charge on any atom is 0.0210 e. The van der Waals surface area contributed by atoms with Crippen LogP contribution in [0, 0.1) is 0 Å². The van der Waals surface area contributed by atoms with Crippen LogP contribution in [0.15, 0.2) is 24.3 Å². The van der Waals surface area contributed by atoms with E-state index >= 15 is 0 Å². The molecule has 1 rings (SSSR count). The van der Waals surface area contributed by atoms with E-state index in [9.17, 15) is 0 Å². The lowest BCUT2D eigenvalue weighted by Gasteiger charge is -2.14. The van der Waals surface area contributed by atoms with Gasteiger partial charge in [0.25, 0.3) is 0 Å². The smallest absolute Gasteiger partial charge is 0.0210 e. The van der Waals surface area contributed by atoms with Crippen molar-refractivity contribution in [2.75, 3.05) is 13.6 Å². The number of rotatable bonds is 7. The largest absolute Gasteiger partial charge is 0.319 e. The Bertz CT molecular complexity index is 297. The zero-order valence-corrected chi connectivity index (χ0v) is 10.7. The lowest BCUT2D eigenvalue weighted by atomic mass is 10.0. The fraction of sp³-hybridized carbons (Fsp3) is 0.571. The van der Waals surface area contributed by atoms with E-state index in [0.29, 0.717) is 6.04 Å². The zero-order valence-electron chi connectivity index (χ0n) is 10.7. The highest BCUT2D eigenvalue weighted by Gasteiger charge is 2.02. The van der Waals surface area contributed by atoms with Crippen LogP contribution in [0.2, 0.25) is 0 Å². The fourth-order valence-corrected chi connectivity index (χ4v) is 1.66. The average Bonchev–Trinajstić information content (AvgIpc) is 2.34. The van der Waals surface area contributed by atoms with Gasteiger partial charge >= 0.3 is 0 Å². The lowest BCUT2D eigenvalue weighted by Crippen LogP contribution is -2.25. The van der Waals surface area contributed by atoms with E-state index in [1.54, 1.807) is 0 Å². The minimum Gasteiger partial charge on any atom is -0.319 e. The Hall–Kier alpha value is -0.860. The molecule has 0 radical (unpaired) electrons. The molecule has 0 aliphatic rings. The second-order valence-electron chi connectivity index (χ2n) is 4.31. The molecule has 0 spiro atoms. The Labute approximate surface area is 99.5 Å². The molecule has 90 valence electrons. The van der Waals surface area contributed by atoms with Gasteiger partial charge < -0.3 is 10.6 Å². The third-order valence-electron chi connectivity index (χ3n) is 3.02. The van der Waals surface area contributed by atoms with Crippen molar-refractivity contribution in [2.45, 2.75) is 39.3 Å². The first-order chi connectivity index (χ1) is 7.77. The van der Waals surface area contributed by atoms with Crippen molar-refractivity contribution in [3.05, 3.63) is 35.4 Å². The molecular formula is C14H24N2. The van der Waals surface area contributed by atoms with Gasteiger partial charge in [0.05, 0.1) is 0 Å². The van der Waals surface area contributed by atoms with Crippen LogP contribution in [-0.4, -0.2) is 19.6 Å². The van der Waals surface area contributed by atoms with Gasteiger partial charge in [0.15, 0.2) is 0 Å².